The summed E-state index contributed by atoms with van der Waals surface area (Å²) in [7, 11) is 0. The molecule has 0 saturated carbocycles. The number of rotatable bonds is 6. The normalized spacial score (nSPS) is 17.2. The first-order valence-corrected chi connectivity index (χ1v) is 8.91. The minimum atomic E-state index is -0.334. The second kappa shape index (κ2) is 7.68. The highest BCUT2D eigenvalue weighted by molar-refractivity contribution is 6.00. The van der Waals surface area contributed by atoms with Crippen LogP contribution in [0.5, 0.6) is 0 Å². The molecule has 7 nitrogen and oxygen atoms in total. The van der Waals surface area contributed by atoms with E-state index < -0.39 is 0 Å². The van der Waals surface area contributed by atoms with Crippen molar-refractivity contribution in [2.75, 3.05) is 18.0 Å². The van der Waals surface area contributed by atoms with E-state index in [9.17, 15) is 9.59 Å². The number of carbonyl (C=O) groups is 2. The van der Waals surface area contributed by atoms with Crippen LogP contribution in [0.1, 0.15) is 43.5 Å². The number of amides is 2. The van der Waals surface area contributed by atoms with E-state index in [0.717, 1.165) is 5.69 Å². The summed E-state index contributed by atoms with van der Waals surface area (Å²) in [5.41, 5.74) is 2.07. The lowest BCUT2D eigenvalue weighted by molar-refractivity contribution is -0.126. The van der Waals surface area contributed by atoms with Crippen molar-refractivity contribution < 1.29 is 14.1 Å². The molecule has 7 heteroatoms. The van der Waals surface area contributed by atoms with E-state index in [2.05, 4.69) is 29.3 Å². The first kappa shape index (κ1) is 18.1. The van der Waals surface area contributed by atoms with Gasteiger partial charge in [0.2, 0.25) is 17.7 Å². The molecular formula is C19H24N4O3. The van der Waals surface area contributed by atoms with E-state index in [-0.39, 0.29) is 24.2 Å². The summed E-state index contributed by atoms with van der Waals surface area (Å²) in [5.74, 6) is 1.05. The Morgan fingerprint density at radius 3 is 2.69 bits per heavy atom. The number of nitrogens with one attached hydrogen (secondary N) is 1. The Kier molecular flexibility index (Phi) is 5.35. The Morgan fingerprint density at radius 1 is 1.35 bits per heavy atom. The highest BCUT2D eigenvalue weighted by atomic mass is 16.5. The summed E-state index contributed by atoms with van der Waals surface area (Å²) in [6.07, 6.45) is 0.739. The predicted molar refractivity (Wildman–Crippen MR) is 96.7 cm³/mol. The van der Waals surface area contributed by atoms with E-state index in [1.165, 1.54) is 5.56 Å². The van der Waals surface area contributed by atoms with Crippen molar-refractivity contribution in [2.24, 2.45) is 5.92 Å². The van der Waals surface area contributed by atoms with E-state index in [1.807, 2.05) is 24.3 Å². The number of benzene rings is 1. The van der Waals surface area contributed by atoms with Crippen LogP contribution in [0.4, 0.5) is 5.69 Å². The zero-order valence-electron chi connectivity index (χ0n) is 15.4. The average molecular weight is 356 g/mol. The van der Waals surface area contributed by atoms with Gasteiger partial charge in [-0.15, -0.1) is 0 Å². The minimum absolute atomic E-state index is 0.0174. The summed E-state index contributed by atoms with van der Waals surface area (Å²) in [4.78, 5) is 30.5. The standard InChI is InChI=1S/C19H24N4O3/c1-12(2)14-4-6-16(7-5-14)23-11-15(10-18(23)24)19(25)20-9-8-17-21-13(3)26-22-17/h4-7,12,15H,8-11H2,1-3H3,(H,20,25)/t15-/m0/s1. The molecule has 0 aliphatic carbocycles. The summed E-state index contributed by atoms with van der Waals surface area (Å²) >= 11 is 0. The minimum Gasteiger partial charge on any atom is -0.355 e. The van der Waals surface area contributed by atoms with Crippen LogP contribution in [0, 0.1) is 12.8 Å². The quantitative estimate of drug-likeness (QED) is 0.857. The number of anilines is 1. The maximum atomic E-state index is 12.4. The maximum Gasteiger partial charge on any atom is 0.227 e. The van der Waals surface area contributed by atoms with E-state index in [4.69, 9.17) is 4.52 Å². The molecule has 1 atom stereocenters. The van der Waals surface area contributed by atoms with Crippen LogP contribution in [-0.2, 0) is 16.0 Å². The molecule has 2 heterocycles. The fourth-order valence-electron chi connectivity index (χ4n) is 3.06. The molecule has 1 aromatic carbocycles. The average Bonchev–Trinajstić information content (AvgIpc) is 3.20. The highest BCUT2D eigenvalue weighted by Gasteiger charge is 2.34. The van der Waals surface area contributed by atoms with Gasteiger partial charge < -0.3 is 14.7 Å². The third kappa shape index (κ3) is 4.09. The van der Waals surface area contributed by atoms with Crippen LogP contribution in [0.15, 0.2) is 28.8 Å². The van der Waals surface area contributed by atoms with E-state index >= 15 is 0 Å². The van der Waals surface area contributed by atoms with Crippen LogP contribution in [-0.4, -0.2) is 35.0 Å². The number of aryl methyl sites for hydroxylation is 1. The second-order valence-corrected chi connectivity index (χ2v) is 6.92. The van der Waals surface area contributed by atoms with Gasteiger partial charge in [0, 0.05) is 38.5 Å². The molecule has 1 fully saturated rings. The van der Waals surface area contributed by atoms with Crippen molar-refractivity contribution in [3.05, 3.63) is 41.5 Å². The van der Waals surface area contributed by atoms with Crippen molar-refractivity contribution in [2.45, 2.75) is 39.5 Å². The molecule has 1 N–H and O–H groups in total. The lowest BCUT2D eigenvalue weighted by atomic mass is 10.0. The molecule has 138 valence electrons. The summed E-state index contributed by atoms with van der Waals surface area (Å²) in [6.45, 7) is 6.82. The van der Waals surface area contributed by atoms with Crippen LogP contribution in [0.2, 0.25) is 0 Å². The van der Waals surface area contributed by atoms with Gasteiger partial charge in [0.25, 0.3) is 0 Å². The number of nitrogens with zero attached hydrogens (tertiary/aromatic N) is 3. The Labute approximate surface area is 152 Å². The van der Waals surface area contributed by atoms with Gasteiger partial charge in [0.05, 0.1) is 5.92 Å². The van der Waals surface area contributed by atoms with E-state index in [0.29, 0.717) is 37.1 Å². The van der Waals surface area contributed by atoms with Crippen molar-refractivity contribution in [1.82, 2.24) is 15.5 Å². The van der Waals surface area contributed by atoms with Crippen molar-refractivity contribution >= 4 is 17.5 Å². The van der Waals surface area contributed by atoms with Crippen LogP contribution in [0.3, 0.4) is 0 Å². The zero-order valence-corrected chi connectivity index (χ0v) is 15.4. The van der Waals surface area contributed by atoms with Crippen LogP contribution >= 0.6 is 0 Å². The molecule has 2 aromatic rings. The summed E-state index contributed by atoms with van der Waals surface area (Å²) < 4.78 is 4.90. The van der Waals surface area contributed by atoms with Gasteiger partial charge in [0.1, 0.15) is 0 Å². The Balaban J connectivity index is 1.54. The summed E-state index contributed by atoms with van der Waals surface area (Å²) in [6, 6.07) is 7.97. The number of hydrogen-bond donors (Lipinski definition) is 1. The molecule has 0 spiro atoms. The molecule has 26 heavy (non-hydrogen) atoms. The fraction of sp³-hybridized carbons (Fsp3) is 0.474. The van der Waals surface area contributed by atoms with Gasteiger partial charge in [-0.2, -0.15) is 4.98 Å². The zero-order chi connectivity index (χ0) is 18.7. The van der Waals surface area contributed by atoms with Crippen molar-refractivity contribution in [3.63, 3.8) is 0 Å². The van der Waals surface area contributed by atoms with Crippen LogP contribution in [0.25, 0.3) is 0 Å². The van der Waals surface area contributed by atoms with Crippen molar-refractivity contribution in [1.29, 1.82) is 0 Å². The molecule has 0 bridgehead atoms. The van der Waals surface area contributed by atoms with E-state index in [1.54, 1.807) is 11.8 Å². The van der Waals surface area contributed by atoms with Gasteiger partial charge in [-0.3, -0.25) is 9.59 Å². The van der Waals surface area contributed by atoms with Gasteiger partial charge in [0.15, 0.2) is 5.82 Å². The van der Waals surface area contributed by atoms with Crippen molar-refractivity contribution in [3.8, 4) is 0 Å². The SMILES string of the molecule is Cc1nc(CCNC(=O)[C@H]2CC(=O)N(c3ccc(C(C)C)cc3)C2)no1. The molecule has 1 aromatic heterocycles. The molecule has 1 aliphatic rings. The van der Waals surface area contributed by atoms with Crippen LogP contribution < -0.4 is 10.2 Å². The topological polar surface area (TPSA) is 88.3 Å². The molecule has 0 unspecified atom stereocenters. The molecule has 2 amide bonds. The number of hydrogen-bond acceptors (Lipinski definition) is 5. The molecule has 1 saturated heterocycles. The monoisotopic (exact) mass is 356 g/mol. The van der Waals surface area contributed by atoms with Gasteiger partial charge in [-0.05, 0) is 23.6 Å². The first-order chi connectivity index (χ1) is 12.4. The van der Waals surface area contributed by atoms with Gasteiger partial charge >= 0.3 is 0 Å². The number of carbonyl (C=O) groups excluding carboxylic acids is 2. The third-order valence-corrected chi connectivity index (χ3v) is 4.58. The Bertz CT molecular complexity index is 782. The number of aromatic nitrogens is 2. The Morgan fingerprint density at radius 2 is 2.08 bits per heavy atom. The smallest absolute Gasteiger partial charge is 0.227 e. The molecule has 1 aliphatic heterocycles. The first-order valence-electron chi connectivity index (χ1n) is 8.91. The fourth-order valence-corrected chi connectivity index (χ4v) is 3.06. The van der Waals surface area contributed by atoms with Gasteiger partial charge in [-0.1, -0.05) is 31.1 Å². The predicted octanol–water partition coefficient (Wildman–Crippen LogP) is 2.21. The van der Waals surface area contributed by atoms with Gasteiger partial charge in [-0.25, -0.2) is 0 Å². The third-order valence-electron chi connectivity index (χ3n) is 4.58. The lowest BCUT2D eigenvalue weighted by Crippen LogP contribution is -2.34. The summed E-state index contributed by atoms with van der Waals surface area (Å²) in [5, 5.41) is 6.65. The molecule has 0 radical (unpaired) electrons. The lowest BCUT2D eigenvalue weighted by Gasteiger charge is -2.17. The largest absolute Gasteiger partial charge is 0.355 e. The second-order valence-electron chi connectivity index (χ2n) is 6.92. The Hall–Kier alpha value is -2.70. The molecular weight excluding hydrogens is 332 g/mol. The maximum absolute atomic E-state index is 12.4. The highest BCUT2D eigenvalue weighted by Crippen LogP contribution is 2.26. The molecule has 3 rings (SSSR count).